The summed E-state index contributed by atoms with van der Waals surface area (Å²) in [4.78, 5) is 14.9. The van der Waals surface area contributed by atoms with Gasteiger partial charge in [-0.3, -0.25) is 4.79 Å². The molecule has 1 saturated heterocycles. The van der Waals surface area contributed by atoms with E-state index in [1.54, 1.807) is 18.2 Å². The molecule has 1 heterocycles. The first-order chi connectivity index (χ1) is 9.29. The first kappa shape index (κ1) is 14.2. The zero-order chi connectivity index (χ0) is 14.7. The highest BCUT2D eigenvalue weighted by atomic mass is 35.5. The highest BCUT2D eigenvalue weighted by Gasteiger charge is 2.56. The molecule has 1 aliphatic heterocycles. The molecule has 20 heavy (non-hydrogen) atoms. The molecule has 3 atom stereocenters. The Morgan fingerprint density at radius 2 is 1.95 bits per heavy atom. The number of nitrogens with zero attached hydrogens (tertiary/aromatic N) is 1. The number of fused-ring (bicyclic) bond motifs is 1. The Hall–Kier alpha value is -0.730. The molecule has 1 aromatic rings. The fraction of sp³-hybridized carbons (Fsp3) is 0.562. The minimum atomic E-state index is 0.0524. The SMILES string of the molecule is CC(C)(C)[C@@H]1C[C@@H]2C[C@@H]2N1C(=O)c1ccc(Cl)cc1Cl. The van der Waals surface area contributed by atoms with Crippen LogP contribution in [0.25, 0.3) is 0 Å². The van der Waals surface area contributed by atoms with Crippen molar-refractivity contribution in [3.63, 3.8) is 0 Å². The van der Waals surface area contributed by atoms with Crippen molar-refractivity contribution in [2.45, 2.75) is 45.7 Å². The molecule has 0 aromatic heterocycles. The number of benzene rings is 1. The standard InChI is InChI=1S/C16H19Cl2NO/c1-16(2,3)14-7-9-6-13(9)19(14)15(20)11-5-4-10(17)8-12(11)18/h4-5,8-9,13-14H,6-7H2,1-3H3/t9-,13-,14-/m0/s1. The summed E-state index contributed by atoms with van der Waals surface area (Å²) >= 11 is 12.1. The van der Waals surface area contributed by atoms with Crippen LogP contribution in [0.1, 0.15) is 44.0 Å². The van der Waals surface area contributed by atoms with Gasteiger partial charge in [-0.15, -0.1) is 0 Å². The van der Waals surface area contributed by atoms with Crippen LogP contribution in [0, 0.1) is 11.3 Å². The molecule has 0 unspecified atom stereocenters. The molecule has 4 heteroatoms. The maximum absolute atomic E-state index is 12.9. The molecule has 3 rings (SSSR count). The molecule has 2 aliphatic rings. The van der Waals surface area contributed by atoms with Crippen LogP contribution in [-0.2, 0) is 0 Å². The van der Waals surface area contributed by atoms with Crippen molar-refractivity contribution in [2.24, 2.45) is 11.3 Å². The van der Waals surface area contributed by atoms with E-state index in [2.05, 4.69) is 25.7 Å². The number of piperidine rings is 1. The van der Waals surface area contributed by atoms with Gasteiger partial charge < -0.3 is 4.90 Å². The molecule has 0 radical (unpaired) electrons. The van der Waals surface area contributed by atoms with Crippen LogP contribution < -0.4 is 0 Å². The van der Waals surface area contributed by atoms with Crippen LogP contribution in [-0.4, -0.2) is 22.9 Å². The van der Waals surface area contributed by atoms with Crippen molar-refractivity contribution in [3.05, 3.63) is 33.8 Å². The molecular formula is C16H19Cl2NO. The summed E-state index contributed by atoms with van der Waals surface area (Å²) in [6.45, 7) is 6.60. The smallest absolute Gasteiger partial charge is 0.255 e. The van der Waals surface area contributed by atoms with E-state index < -0.39 is 0 Å². The van der Waals surface area contributed by atoms with Crippen LogP contribution >= 0.6 is 23.2 Å². The fourth-order valence-electron chi connectivity index (χ4n) is 3.32. The van der Waals surface area contributed by atoms with E-state index in [0.717, 1.165) is 12.8 Å². The third-order valence-corrected chi connectivity index (χ3v) is 5.05. The Labute approximate surface area is 130 Å². The molecule has 1 saturated carbocycles. The van der Waals surface area contributed by atoms with Gasteiger partial charge in [-0.1, -0.05) is 44.0 Å². The van der Waals surface area contributed by atoms with Crippen LogP contribution in [0.2, 0.25) is 10.0 Å². The zero-order valence-electron chi connectivity index (χ0n) is 12.0. The number of amides is 1. The van der Waals surface area contributed by atoms with Gasteiger partial charge in [-0.25, -0.2) is 0 Å². The van der Waals surface area contributed by atoms with Gasteiger partial charge in [-0.05, 0) is 42.4 Å². The molecule has 108 valence electrons. The van der Waals surface area contributed by atoms with E-state index in [9.17, 15) is 4.79 Å². The Kier molecular flexibility index (Phi) is 3.30. The largest absolute Gasteiger partial charge is 0.332 e. The van der Waals surface area contributed by atoms with Gasteiger partial charge in [0.25, 0.3) is 5.91 Å². The highest BCUT2D eigenvalue weighted by molar-refractivity contribution is 6.36. The molecule has 0 spiro atoms. The van der Waals surface area contributed by atoms with E-state index >= 15 is 0 Å². The number of hydrogen-bond acceptors (Lipinski definition) is 1. The predicted molar refractivity (Wildman–Crippen MR) is 82.4 cm³/mol. The van der Waals surface area contributed by atoms with Gasteiger partial charge in [0.2, 0.25) is 0 Å². The summed E-state index contributed by atoms with van der Waals surface area (Å²) in [5, 5.41) is 1.00. The average molecular weight is 312 g/mol. The maximum Gasteiger partial charge on any atom is 0.255 e. The lowest BCUT2D eigenvalue weighted by atomic mass is 9.84. The van der Waals surface area contributed by atoms with Gasteiger partial charge in [0.15, 0.2) is 0 Å². The predicted octanol–water partition coefficient (Wildman–Crippen LogP) is 4.64. The average Bonchev–Trinajstić information content (AvgIpc) is 2.98. The molecule has 1 amide bonds. The summed E-state index contributed by atoms with van der Waals surface area (Å²) in [6.07, 6.45) is 2.26. The maximum atomic E-state index is 12.9. The van der Waals surface area contributed by atoms with Crippen molar-refractivity contribution in [2.75, 3.05) is 0 Å². The molecule has 2 fully saturated rings. The van der Waals surface area contributed by atoms with Crippen molar-refractivity contribution < 1.29 is 4.79 Å². The van der Waals surface area contributed by atoms with E-state index in [4.69, 9.17) is 23.2 Å². The quantitative estimate of drug-likeness (QED) is 0.739. The molecule has 2 nitrogen and oxygen atoms in total. The Morgan fingerprint density at radius 3 is 2.55 bits per heavy atom. The lowest BCUT2D eigenvalue weighted by Gasteiger charge is -2.37. The molecular weight excluding hydrogens is 293 g/mol. The van der Waals surface area contributed by atoms with Crippen LogP contribution in [0.5, 0.6) is 0 Å². The fourth-order valence-corrected chi connectivity index (χ4v) is 3.81. The lowest BCUT2D eigenvalue weighted by molar-refractivity contribution is 0.0565. The van der Waals surface area contributed by atoms with E-state index in [1.165, 1.54) is 0 Å². The normalized spacial score (nSPS) is 28.4. The van der Waals surface area contributed by atoms with Crippen molar-refractivity contribution in [1.29, 1.82) is 0 Å². The third-order valence-electron chi connectivity index (χ3n) is 4.50. The first-order valence-corrected chi connectivity index (χ1v) is 7.82. The monoisotopic (exact) mass is 311 g/mol. The number of halogens is 2. The molecule has 1 aromatic carbocycles. The minimum Gasteiger partial charge on any atom is -0.332 e. The number of likely N-dealkylation sites (tertiary alicyclic amines) is 1. The number of rotatable bonds is 1. The summed E-state index contributed by atoms with van der Waals surface area (Å²) in [7, 11) is 0. The van der Waals surface area contributed by atoms with Crippen LogP contribution in [0.15, 0.2) is 18.2 Å². The summed E-state index contributed by atoms with van der Waals surface area (Å²) < 4.78 is 0. The van der Waals surface area contributed by atoms with Gasteiger partial charge in [0.1, 0.15) is 0 Å². The second-order valence-electron chi connectivity index (χ2n) is 7.02. The van der Waals surface area contributed by atoms with Crippen molar-refractivity contribution >= 4 is 29.1 Å². The van der Waals surface area contributed by atoms with Gasteiger partial charge in [0, 0.05) is 17.1 Å². The Bertz CT molecular complexity index is 564. The molecule has 0 N–H and O–H groups in total. The lowest BCUT2D eigenvalue weighted by Crippen LogP contribution is -2.45. The van der Waals surface area contributed by atoms with Gasteiger partial charge in [-0.2, -0.15) is 0 Å². The highest BCUT2D eigenvalue weighted by Crippen LogP contribution is 2.52. The van der Waals surface area contributed by atoms with Crippen LogP contribution in [0.3, 0.4) is 0 Å². The van der Waals surface area contributed by atoms with Crippen molar-refractivity contribution in [3.8, 4) is 0 Å². The number of carbonyl (C=O) groups is 1. The number of carbonyl (C=O) groups excluding carboxylic acids is 1. The zero-order valence-corrected chi connectivity index (χ0v) is 13.5. The van der Waals surface area contributed by atoms with Crippen LogP contribution in [0.4, 0.5) is 0 Å². The van der Waals surface area contributed by atoms with Crippen molar-refractivity contribution in [1.82, 2.24) is 4.90 Å². The Morgan fingerprint density at radius 1 is 1.25 bits per heavy atom. The first-order valence-electron chi connectivity index (χ1n) is 7.07. The number of hydrogen-bond donors (Lipinski definition) is 0. The van der Waals surface area contributed by atoms with E-state index in [1.807, 2.05) is 0 Å². The summed E-state index contributed by atoms with van der Waals surface area (Å²) in [5.74, 6) is 0.742. The van der Waals surface area contributed by atoms with E-state index in [0.29, 0.717) is 33.6 Å². The molecule has 0 bridgehead atoms. The summed E-state index contributed by atoms with van der Waals surface area (Å²) in [6, 6.07) is 5.82. The minimum absolute atomic E-state index is 0.0524. The van der Waals surface area contributed by atoms with E-state index in [-0.39, 0.29) is 11.3 Å². The van der Waals surface area contributed by atoms with Gasteiger partial charge in [0.05, 0.1) is 10.6 Å². The second kappa shape index (κ2) is 4.64. The molecule has 1 aliphatic carbocycles. The third kappa shape index (κ3) is 2.33. The summed E-state index contributed by atoms with van der Waals surface area (Å²) in [5.41, 5.74) is 0.667. The van der Waals surface area contributed by atoms with Gasteiger partial charge >= 0.3 is 0 Å². The second-order valence-corrected chi connectivity index (χ2v) is 7.86. The Balaban J connectivity index is 1.93. The topological polar surface area (TPSA) is 20.3 Å².